The van der Waals surface area contributed by atoms with Crippen molar-refractivity contribution in [3.05, 3.63) is 58.9 Å². The first-order valence-electron chi connectivity index (χ1n) is 7.74. The van der Waals surface area contributed by atoms with Crippen LogP contribution in [0.25, 0.3) is 23.3 Å². The van der Waals surface area contributed by atoms with E-state index in [-0.39, 0.29) is 0 Å². The first kappa shape index (κ1) is 15.6. The summed E-state index contributed by atoms with van der Waals surface area (Å²) < 4.78 is 13.5. The third-order valence-electron chi connectivity index (χ3n) is 3.62. The Balaban J connectivity index is 1.91. The molecule has 0 aliphatic heterocycles. The van der Waals surface area contributed by atoms with Crippen molar-refractivity contribution in [2.45, 2.75) is 20.4 Å². The Bertz CT molecular complexity index is 834. The standard InChI is InChI=1S/C19H19ClNO2/c1-3-21-17-13-15(20)8-11-18(17)23-19(21)12-7-14-5-9-16(10-6-14)22-4-2/h5-13H,3-4H2,1-2H3/q+1. The van der Waals surface area contributed by atoms with Gasteiger partial charge in [-0.15, -0.1) is 0 Å². The number of hydrogen-bond donors (Lipinski definition) is 0. The minimum absolute atomic E-state index is 0.674. The molecule has 0 fully saturated rings. The van der Waals surface area contributed by atoms with Crippen molar-refractivity contribution in [2.24, 2.45) is 0 Å². The number of aryl methyl sites for hydroxylation is 1. The molecular formula is C19H19ClNO2+. The Morgan fingerprint density at radius 3 is 2.57 bits per heavy atom. The highest BCUT2D eigenvalue weighted by atomic mass is 35.5. The molecule has 118 valence electrons. The van der Waals surface area contributed by atoms with Crippen LogP contribution in [0.4, 0.5) is 0 Å². The van der Waals surface area contributed by atoms with E-state index in [4.69, 9.17) is 20.8 Å². The van der Waals surface area contributed by atoms with Gasteiger partial charge in [0.2, 0.25) is 5.58 Å². The molecule has 0 saturated heterocycles. The van der Waals surface area contributed by atoms with Gasteiger partial charge in [0.05, 0.1) is 12.7 Å². The molecule has 0 spiro atoms. The second-order valence-electron chi connectivity index (χ2n) is 5.13. The van der Waals surface area contributed by atoms with Gasteiger partial charge in [-0.25, -0.2) is 0 Å². The highest BCUT2D eigenvalue weighted by Gasteiger charge is 2.18. The van der Waals surface area contributed by atoms with E-state index < -0.39 is 0 Å². The van der Waals surface area contributed by atoms with Crippen molar-refractivity contribution in [3.8, 4) is 5.75 Å². The Morgan fingerprint density at radius 1 is 1.09 bits per heavy atom. The van der Waals surface area contributed by atoms with Crippen molar-refractivity contribution in [3.63, 3.8) is 0 Å². The van der Waals surface area contributed by atoms with Gasteiger partial charge in [0.25, 0.3) is 5.52 Å². The predicted octanol–water partition coefficient (Wildman–Crippen LogP) is 4.96. The Kier molecular flexibility index (Phi) is 4.68. The number of oxazole rings is 1. The fourth-order valence-electron chi connectivity index (χ4n) is 2.53. The normalized spacial score (nSPS) is 11.4. The molecule has 1 aromatic heterocycles. The van der Waals surface area contributed by atoms with Crippen LogP contribution in [0.1, 0.15) is 25.3 Å². The van der Waals surface area contributed by atoms with Gasteiger partial charge in [0.15, 0.2) is 0 Å². The maximum absolute atomic E-state index is 6.09. The Morgan fingerprint density at radius 2 is 1.87 bits per heavy atom. The van der Waals surface area contributed by atoms with E-state index in [1.807, 2.05) is 61.5 Å². The lowest BCUT2D eigenvalue weighted by molar-refractivity contribution is -0.674. The maximum atomic E-state index is 6.09. The molecule has 3 rings (SSSR count). The van der Waals surface area contributed by atoms with Crippen LogP contribution in [0, 0.1) is 0 Å². The first-order chi connectivity index (χ1) is 11.2. The third-order valence-corrected chi connectivity index (χ3v) is 3.85. The highest BCUT2D eigenvalue weighted by Crippen LogP contribution is 2.20. The maximum Gasteiger partial charge on any atom is 0.374 e. The van der Waals surface area contributed by atoms with Crippen molar-refractivity contribution in [1.29, 1.82) is 0 Å². The van der Waals surface area contributed by atoms with Gasteiger partial charge < -0.3 is 9.15 Å². The lowest BCUT2D eigenvalue weighted by Gasteiger charge is -2.01. The zero-order valence-electron chi connectivity index (χ0n) is 13.3. The van der Waals surface area contributed by atoms with Crippen molar-refractivity contribution >= 4 is 34.9 Å². The van der Waals surface area contributed by atoms with E-state index in [1.165, 1.54) is 0 Å². The Hall–Kier alpha value is -2.26. The van der Waals surface area contributed by atoms with Crippen LogP contribution in [-0.4, -0.2) is 6.61 Å². The molecule has 0 N–H and O–H groups in total. The summed E-state index contributed by atoms with van der Waals surface area (Å²) in [5.74, 6) is 1.69. The second kappa shape index (κ2) is 6.88. The molecule has 0 aliphatic rings. The molecule has 3 nitrogen and oxygen atoms in total. The zero-order valence-corrected chi connectivity index (χ0v) is 14.0. The fraction of sp³-hybridized carbons (Fsp3) is 0.211. The number of aromatic nitrogens is 1. The van der Waals surface area contributed by atoms with E-state index in [2.05, 4.69) is 11.5 Å². The molecule has 0 saturated carbocycles. The lowest BCUT2D eigenvalue weighted by atomic mass is 10.2. The molecule has 2 aromatic carbocycles. The van der Waals surface area contributed by atoms with Crippen LogP contribution in [0.2, 0.25) is 5.02 Å². The number of ether oxygens (including phenoxy) is 1. The SMILES string of the molecule is CCOc1ccc(C=Cc2oc3ccc(Cl)cc3[n+]2CC)cc1. The first-order valence-corrected chi connectivity index (χ1v) is 8.12. The average molecular weight is 329 g/mol. The van der Waals surface area contributed by atoms with Crippen molar-refractivity contribution < 1.29 is 13.7 Å². The van der Waals surface area contributed by atoms with Crippen LogP contribution in [0.15, 0.2) is 46.9 Å². The van der Waals surface area contributed by atoms with Gasteiger partial charge in [-0.2, -0.15) is 4.57 Å². The van der Waals surface area contributed by atoms with Gasteiger partial charge in [0, 0.05) is 11.1 Å². The van der Waals surface area contributed by atoms with Crippen LogP contribution in [-0.2, 0) is 6.54 Å². The van der Waals surface area contributed by atoms with Gasteiger partial charge in [0.1, 0.15) is 12.3 Å². The summed E-state index contributed by atoms with van der Waals surface area (Å²) in [5.41, 5.74) is 2.93. The molecule has 0 bridgehead atoms. The molecule has 4 heteroatoms. The summed E-state index contributed by atoms with van der Waals surface area (Å²) in [5, 5.41) is 0.711. The molecule has 23 heavy (non-hydrogen) atoms. The zero-order chi connectivity index (χ0) is 16.2. The van der Waals surface area contributed by atoms with Gasteiger partial charge >= 0.3 is 5.89 Å². The van der Waals surface area contributed by atoms with Crippen LogP contribution in [0.3, 0.4) is 0 Å². The minimum Gasteiger partial charge on any atom is -0.494 e. The average Bonchev–Trinajstić information content (AvgIpc) is 2.91. The number of nitrogens with zero attached hydrogens (tertiary/aromatic N) is 1. The predicted molar refractivity (Wildman–Crippen MR) is 93.6 cm³/mol. The summed E-state index contributed by atoms with van der Waals surface area (Å²) >= 11 is 6.09. The van der Waals surface area contributed by atoms with Crippen LogP contribution < -0.4 is 9.30 Å². The second-order valence-corrected chi connectivity index (χ2v) is 5.57. The van der Waals surface area contributed by atoms with Crippen molar-refractivity contribution in [1.82, 2.24) is 0 Å². The highest BCUT2D eigenvalue weighted by molar-refractivity contribution is 6.31. The largest absolute Gasteiger partial charge is 0.494 e. The minimum atomic E-state index is 0.674. The van der Waals surface area contributed by atoms with E-state index in [9.17, 15) is 0 Å². The molecule has 3 aromatic rings. The lowest BCUT2D eigenvalue weighted by Crippen LogP contribution is -2.33. The Labute approximate surface area is 140 Å². The monoisotopic (exact) mass is 328 g/mol. The summed E-state index contributed by atoms with van der Waals surface area (Å²) in [4.78, 5) is 0. The van der Waals surface area contributed by atoms with Crippen molar-refractivity contribution in [2.75, 3.05) is 6.61 Å². The number of hydrogen-bond acceptors (Lipinski definition) is 2. The van der Waals surface area contributed by atoms with Gasteiger partial charge in [-0.1, -0.05) is 23.7 Å². The topological polar surface area (TPSA) is 26.2 Å². The molecular weight excluding hydrogens is 310 g/mol. The number of rotatable bonds is 5. The molecule has 1 heterocycles. The summed E-state index contributed by atoms with van der Waals surface area (Å²) in [6.45, 7) is 5.55. The summed E-state index contributed by atoms with van der Waals surface area (Å²) in [6.07, 6.45) is 4.01. The molecule has 0 amide bonds. The fourth-order valence-corrected chi connectivity index (χ4v) is 2.70. The summed E-state index contributed by atoms with van der Waals surface area (Å²) in [7, 11) is 0. The van der Waals surface area contributed by atoms with Crippen LogP contribution >= 0.6 is 11.6 Å². The molecule has 0 aliphatic carbocycles. The molecule has 0 unspecified atom stereocenters. The van der Waals surface area contributed by atoms with E-state index in [1.54, 1.807) is 0 Å². The quantitative estimate of drug-likeness (QED) is 0.618. The van der Waals surface area contributed by atoms with E-state index in [0.717, 1.165) is 34.8 Å². The third kappa shape index (κ3) is 3.40. The van der Waals surface area contributed by atoms with E-state index in [0.29, 0.717) is 11.6 Å². The smallest absolute Gasteiger partial charge is 0.374 e. The number of halogens is 1. The van der Waals surface area contributed by atoms with E-state index >= 15 is 0 Å². The van der Waals surface area contributed by atoms with Crippen LogP contribution in [0.5, 0.6) is 5.75 Å². The molecule has 0 radical (unpaired) electrons. The number of benzene rings is 2. The van der Waals surface area contributed by atoms with Gasteiger partial charge in [-0.05, 0) is 49.8 Å². The molecule has 0 atom stereocenters. The summed E-state index contributed by atoms with van der Waals surface area (Å²) in [6, 6.07) is 13.7. The number of fused-ring (bicyclic) bond motifs is 1. The van der Waals surface area contributed by atoms with Gasteiger partial charge in [-0.3, -0.25) is 0 Å².